The van der Waals surface area contributed by atoms with Gasteiger partial charge in [0, 0.05) is 0 Å². The second kappa shape index (κ2) is 12.7. The van der Waals surface area contributed by atoms with Gasteiger partial charge in [-0.25, -0.2) is 0 Å². The molecule has 0 spiro atoms. The van der Waals surface area contributed by atoms with Gasteiger partial charge in [-0.2, -0.15) is 0 Å². The van der Waals surface area contributed by atoms with E-state index in [0.29, 0.717) is 0 Å². The average molecular weight is 403 g/mol. The molecule has 3 heteroatoms. The second-order valence-electron chi connectivity index (χ2n) is 6.25. The van der Waals surface area contributed by atoms with Gasteiger partial charge in [0.1, 0.15) is 0 Å². The molecule has 0 amide bonds. The van der Waals surface area contributed by atoms with Crippen LogP contribution in [0.2, 0.25) is 13.3 Å². The van der Waals surface area contributed by atoms with Gasteiger partial charge in [-0.3, -0.25) is 0 Å². The van der Waals surface area contributed by atoms with Crippen molar-refractivity contribution in [2.75, 3.05) is 0 Å². The van der Waals surface area contributed by atoms with E-state index in [1.807, 2.05) is 6.08 Å². The Balaban J connectivity index is 5.00. The Morgan fingerprint density at radius 2 is 1.29 bits per heavy atom. The molecule has 0 aliphatic rings. The molecule has 21 heavy (non-hydrogen) atoms. The Bertz CT molecular complexity index is 267. The first kappa shape index (κ1) is 21.2. The van der Waals surface area contributed by atoms with E-state index < -0.39 is 30.6 Å². The molecule has 0 aromatic rings. The van der Waals surface area contributed by atoms with E-state index in [0.717, 1.165) is 0 Å². The van der Waals surface area contributed by atoms with Crippen LogP contribution in [0.1, 0.15) is 59.3 Å². The normalized spacial score (nSPS) is 15.3. The van der Waals surface area contributed by atoms with Crippen LogP contribution in [-0.2, 0) is 0 Å². The topological polar surface area (TPSA) is 40.5 Å². The van der Waals surface area contributed by atoms with Gasteiger partial charge in [0.05, 0.1) is 0 Å². The minimum atomic E-state index is -2.31. The molecule has 124 valence electrons. The quantitative estimate of drug-likeness (QED) is 0.341. The Kier molecular flexibility index (Phi) is 12.8. The van der Waals surface area contributed by atoms with Crippen molar-refractivity contribution in [2.24, 2.45) is 0 Å². The number of hydrogen-bond donors (Lipinski definition) is 2. The molecule has 0 fully saturated rings. The average Bonchev–Trinajstić information content (AvgIpc) is 2.52. The molecule has 2 N–H and O–H groups in total. The van der Waals surface area contributed by atoms with Crippen LogP contribution < -0.4 is 0 Å². The van der Waals surface area contributed by atoms with Crippen molar-refractivity contribution < 1.29 is 10.2 Å². The number of aliphatic hydroxyl groups is 2. The van der Waals surface area contributed by atoms with Crippen LogP contribution >= 0.6 is 0 Å². The third-order valence-electron chi connectivity index (χ3n) is 4.32. The standard InChI is InChI=1S/C6H9O2.3C4H9.Sn/c1-3-5(7)6(8)4-2;3*1-3-4-2;/h1,3-8H,2H2;3*1,3-4H2,2H3;/t5-,6-;;;;/m0..../s1. The van der Waals surface area contributed by atoms with Crippen molar-refractivity contribution in [3.05, 3.63) is 22.8 Å². The molecule has 0 rings (SSSR count). The third kappa shape index (κ3) is 9.04. The number of aliphatic hydroxyl groups excluding tert-OH is 2. The molecule has 0 aromatic carbocycles. The first-order valence-electron chi connectivity index (χ1n) is 8.73. The summed E-state index contributed by atoms with van der Waals surface area (Å²) >= 11 is -2.31. The minimum absolute atomic E-state index is 0.788. The summed E-state index contributed by atoms with van der Waals surface area (Å²) in [5, 5.41) is 19.6. The Labute approximate surface area is 136 Å². The molecular formula is C18H36O2Sn. The summed E-state index contributed by atoms with van der Waals surface area (Å²) in [6.07, 6.45) is 9.36. The maximum absolute atomic E-state index is 9.98. The predicted octanol–water partition coefficient (Wildman–Crippen LogP) is 4.84. The van der Waals surface area contributed by atoms with Crippen LogP contribution in [0.3, 0.4) is 0 Å². The first-order chi connectivity index (χ1) is 10.0. The van der Waals surface area contributed by atoms with E-state index in [1.54, 1.807) is 0 Å². The fourth-order valence-electron chi connectivity index (χ4n) is 2.77. The van der Waals surface area contributed by atoms with E-state index in [4.69, 9.17) is 0 Å². The molecule has 2 nitrogen and oxygen atoms in total. The Morgan fingerprint density at radius 3 is 1.62 bits per heavy atom. The van der Waals surface area contributed by atoms with E-state index in [1.165, 1.54) is 57.9 Å². The molecule has 0 aliphatic carbocycles. The van der Waals surface area contributed by atoms with Gasteiger partial charge >= 0.3 is 136 Å². The monoisotopic (exact) mass is 404 g/mol. The van der Waals surface area contributed by atoms with Gasteiger partial charge < -0.3 is 0 Å². The summed E-state index contributed by atoms with van der Waals surface area (Å²) in [7, 11) is 0. The van der Waals surface area contributed by atoms with Crippen LogP contribution in [0.5, 0.6) is 0 Å². The Hall–Kier alpha value is 0.199. The summed E-state index contributed by atoms with van der Waals surface area (Å²) in [6, 6.07) is 0. The van der Waals surface area contributed by atoms with Gasteiger partial charge in [0.15, 0.2) is 0 Å². The first-order valence-corrected chi connectivity index (χ1v) is 16.4. The van der Waals surface area contributed by atoms with Crippen molar-refractivity contribution in [1.82, 2.24) is 0 Å². The third-order valence-corrected chi connectivity index (χ3v) is 18.4. The van der Waals surface area contributed by atoms with Crippen LogP contribution in [0, 0.1) is 0 Å². The molecule has 2 atom stereocenters. The number of unbranched alkanes of at least 4 members (excludes halogenated alkanes) is 3. The molecular weight excluding hydrogens is 367 g/mol. The van der Waals surface area contributed by atoms with E-state index >= 15 is 0 Å². The summed E-state index contributed by atoms with van der Waals surface area (Å²) in [6.45, 7) is 10.3. The van der Waals surface area contributed by atoms with E-state index in [2.05, 4.69) is 31.4 Å². The predicted molar refractivity (Wildman–Crippen MR) is 96.2 cm³/mol. The van der Waals surface area contributed by atoms with Gasteiger partial charge in [0.25, 0.3) is 0 Å². The molecule has 0 aromatic heterocycles. The van der Waals surface area contributed by atoms with Crippen LogP contribution in [0.25, 0.3) is 0 Å². The fraction of sp³-hybridized carbons (Fsp3) is 0.778. The second-order valence-corrected chi connectivity index (χ2v) is 19.3. The maximum atomic E-state index is 9.98. The van der Waals surface area contributed by atoms with Crippen LogP contribution in [-0.4, -0.2) is 40.8 Å². The Morgan fingerprint density at radius 1 is 0.857 bits per heavy atom. The van der Waals surface area contributed by atoms with E-state index in [-0.39, 0.29) is 0 Å². The van der Waals surface area contributed by atoms with Crippen LogP contribution in [0.4, 0.5) is 0 Å². The molecule has 0 aliphatic heterocycles. The number of hydrogen-bond acceptors (Lipinski definition) is 2. The van der Waals surface area contributed by atoms with Crippen LogP contribution in [0.15, 0.2) is 22.8 Å². The van der Waals surface area contributed by atoms with Gasteiger partial charge in [-0.1, -0.05) is 0 Å². The zero-order valence-corrected chi connectivity index (χ0v) is 17.2. The van der Waals surface area contributed by atoms with E-state index in [9.17, 15) is 10.2 Å². The summed E-state index contributed by atoms with van der Waals surface area (Å²) < 4.78 is 6.56. The van der Waals surface area contributed by atoms with Crippen molar-refractivity contribution in [2.45, 2.75) is 84.8 Å². The molecule has 0 radical (unpaired) electrons. The summed E-state index contributed by atoms with van der Waals surface area (Å²) in [5.74, 6) is 0. The SMILES string of the molecule is C=C[C@H](O)[C@@H](O)/C=[CH]/[Sn]([CH2]CCC)([CH2]CCC)[CH2]CCC. The zero-order valence-electron chi connectivity index (χ0n) is 14.4. The molecule has 0 saturated heterocycles. The van der Waals surface area contributed by atoms with Crippen molar-refractivity contribution in [3.8, 4) is 0 Å². The zero-order chi connectivity index (χ0) is 16.1. The fourth-order valence-corrected chi connectivity index (χ4v) is 17.1. The van der Waals surface area contributed by atoms with Gasteiger partial charge in [0.2, 0.25) is 0 Å². The van der Waals surface area contributed by atoms with Crippen molar-refractivity contribution in [1.29, 1.82) is 0 Å². The number of rotatable bonds is 13. The van der Waals surface area contributed by atoms with Crippen molar-refractivity contribution in [3.63, 3.8) is 0 Å². The summed E-state index contributed by atoms with van der Waals surface area (Å²) in [4.78, 5) is 0. The van der Waals surface area contributed by atoms with Gasteiger partial charge in [-0.05, 0) is 0 Å². The van der Waals surface area contributed by atoms with Gasteiger partial charge in [-0.15, -0.1) is 0 Å². The molecule has 0 heterocycles. The molecule has 0 bridgehead atoms. The summed E-state index contributed by atoms with van der Waals surface area (Å²) in [5.41, 5.74) is 0. The molecule has 0 unspecified atom stereocenters. The van der Waals surface area contributed by atoms with Crippen molar-refractivity contribution >= 4 is 18.4 Å². The molecule has 0 saturated carbocycles.